The fourth-order valence-electron chi connectivity index (χ4n) is 1.77. The van der Waals surface area contributed by atoms with Gasteiger partial charge in [-0.25, -0.2) is 14.4 Å². The minimum atomic E-state index is -0.137. The van der Waals surface area contributed by atoms with E-state index in [0.29, 0.717) is 17.7 Å². The Morgan fingerprint density at radius 2 is 1.94 bits per heavy atom. The Morgan fingerprint density at radius 3 is 2.56 bits per heavy atom. The molecule has 0 fully saturated rings. The summed E-state index contributed by atoms with van der Waals surface area (Å²) in [6, 6.07) is 3.68. The number of aromatic nitrogens is 2. The molecular formula is C13H13BrFN3. The molecule has 0 atom stereocenters. The third-order valence-corrected chi connectivity index (χ3v) is 3.20. The highest BCUT2D eigenvalue weighted by Crippen LogP contribution is 2.19. The molecule has 1 aromatic carbocycles. The van der Waals surface area contributed by atoms with Crippen molar-refractivity contribution in [1.29, 1.82) is 0 Å². The summed E-state index contributed by atoms with van der Waals surface area (Å²) in [5, 5.41) is 3.18. The van der Waals surface area contributed by atoms with Gasteiger partial charge in [-0.3, -0.25) is 0 Å². The van der Waals surface area contributed by atoms with Gasteiger partial charge in [0.2, 0.25) is 0 Å². The standard InChI is InChI=1S/C13H13BrFN3/c1-8-3-10(4-9(2)12(8)15)5-17-13-11(14)6-16-7-18-13/h3-4,6-7H,5H2,1-2H3,(H,16,17,18). The van der Waals surface area contributed by atoms with Crippen LogP contribution in [-0.2, 0) is 6.54 Å². The number of halogens is 2. The Labute approximate surface area is 114 Å². The van der Waals surface area contributed by atoms with E-state index in [0.717, 1.165) is 15.9 Å². The average molecular weight is 310 g/mol. The Balaban J connectivity index is 2.14. The summed E-state index contributed by atoms with van der Waals surface area (Å²) in [7, 11) is 0. The van der Waals surface area contributed by atoms with Crippen LogP contribution in [0.2, 0.25) is 0 Å². The molecule has 1 heterocycles. The maximum atomic E-state index is 13.5. The van der Waals surface area contributed by atoms with Crippen molar-refractivity contribution in [1.82, 2.24) is 9.97 Å². The van der Waals surface area contributed by atoms with Crippen LogP contribution < -0.4 is 5.32 Å². The van der Waals surface area contributed by atoms with Gasteiger partial charge in [-0.1, -0.05) is 12.1 Å². The smallest absolute Gasteiger partial charge is 0.144 e. The van der Waals surface area contributed by atoms with Crippen LogP contribution in [0, 0.1) is 19.7 Å². The third-order valence-electron chi connectivity index (χ3n) is 2.62. The molecule has 94 valence electrons. The van der Waals surface area contributed by atoms with Gasteiger partial charge in [0.25, 0.3) is 0 Å². The number of nitrogens with one attached hydrogen (secondary N) is 1. The highest BCUT2D eigenvalue weighted by molar-refractivity contribution is 9.10. The second-order valence-corrected chi connectivity index (χ2v) is 4.97. The quantitative estimate of drug-likeness (QED) is 0.941. The minimum Gasteiger partial charge on any atom is -0.365 e. The number of benzene rings is 1. The van der Waals surface area contributed by atoms with Gasteiger partial charge in [-0.2, -0.15) is 0 Å². The van der Waals surface area contributed by atoms with Gasteiger partial charge in [0.05, 0.1) is 4.47 Å². The summed E-state index contributed by atoms with van der Waals surface area (Å²) >= 11 is 3.36. The zero-order valence-electron chi connectivity index (χ0n) is 10.2. The van der Waals surface area contributed by atoms with Crippen molar-refractivity contribution in [3.63, 3.8) is 0 Å². The molecule has 0 saturated heterocycles. The zero-order chi connectivity index (χ0) is 13.1. The Kier molecular flexibility index (Phi) is 3.91. The van der Waals surface area contributed by atoms with Crippen molar-refractivity contribution in [2.75, 3.05) is 5.32 Å². The number of rotatable bonds is 3. The summed E-state index contributed by atoms with van der Waals surface area (Å²) < 4.78 is 14.3. The lowest BCUT2D eigenvalue weighted by atomic mass is 10.1. The molecule has 1 N–H and O–H groups in total. The van der Waals surface area contributed by atoms with Gasteiger partial charge in [0.15, 0.2) is 0 Å². The molecule has 0 saturated carbocycles. The van der Waals surface area contributed by atoms with Crippen LogP contribution in [0.5, 0.6) is 0 Å². The number of nitrogens with zero attached hydrogens (tertiary/aromatic N) is 2. The maximum Gasteiger partial charge on any atom is 0.144 e. The van der Waals surface area contributed by atoms with E-state index in [1.54, 1.807) is 20.0 Å². The van der Waals surface area contributed by atoms with Crippen LogP contribution in [0.1, 0.15) is 16.7 Å². The fourth-order valence-corrected chi connectivity index (χ4v) is 2.13. The van der Waals surface area contributed by atoms with Crippen molar-refractivity contribution in [3.05, 3.63) is 51.6 Å². The maximum absolute atomic E-state index is 13.5. The lowest BCUT2D eigenvalue weighted by Crippen LogP contribution is -2.03. The van der Waals surface area contributed by atoms with Crippen molar-refractivity contribution in [3.8, 4) is 0 Å². The van der Waals surface area contributed by atoms with Gasteiger partial charge in [0, 0.05) is 12.7 Å². The third kappa shape index (κ3) is 2.85. The average Bonchev–Trinajstić information content (AvgIpc) is 2.35. The van der Waals surface area contributed by atoms with Crippen molar-refractivity contribution in [2.24, 2.45) is 0 Å². The first-order valence-corrected chi connectivity index (χ1v) is 6.32. The van der Waals surface area contributed by atoms with Crippen LogP contribution >= 0.6 is 15.9 Å². The van der Waals surface area contributed by atoms with Crippen molar-refractivity contribution in [2.45, 2.75) is 20.4 Å². The minimum absolute atomic E-state index is 0.137. The molecule has 2 aromatic rings. The first-order chi connectivity index (χ1) is 8.58. The Bertz CT molecular complexity index is 549. The normalized spacial score (nSPS) is 10.4. The van der Waals surface area contributed by atoms with Crippen LogP contribution in [0.4, 0.5) is 10.2 Å². The van der Waals surface area contributed by atoms with Gasteiger partial charge < -0.3 is 5.32 Å². The first-order valence-electron chi connectivity index (χ1n) is 5.53. The highest BCUT2D eigenvalue weighted by Gasteiger charge is 2.05. The predicted molar refractivity (Wildman–Crippen MR) is 72.9 cm³/mol. The van der Waals surface area contributed by atoms with E-state index in [-0.39, 0.29) is 5.82 Å². The number of hydrogen-bond donors (Lipinski definition) is 1. The molecule has 5 heteroatoms. The summed E-state index contributed by atoms with van der Waals surface area (Å²) in [5.41, 5.74) is 2.35. The molecule has 2 rings (SSSR count). The molecular weight excluding hydrogens is 297 g/mol. The molecule has 0 aliphatic rings. The second-order valence-electron chi connectivity index (χ2n) is 4.12. The monoisotopic (exact) mass is 309 g/mol. The summed E-state index contributed by atoms with van der Waals surface area (Å²) in [6.45, 7) is 4.14. The highest BCUT2D eigenvalue weighted by atomic mass is 79.9. The molecule has 0 spiro atoms. The lowest BCUT2D eigenvalue weighted by Gasteiger charge is -2.09. The molecule has 1 aromatic heterocycles. The molecule has 3 nitrogen and oxygen atoms in total. The molecule has 18 heavy (non-hydrogen) atoms. The molecule has 0 amide bonds. The predicted octanol–water partition coefficient (Wildman–Crippen LogP) is 3.61. The van der Waals surface area contributed by atoms with E-state index in [1.807, 2.05) is 12.1 Å². The van der Waals surface area contributed by atoms with Crippen LogP contribution in [-0.4, -0.2) is 9.97 Å². The first kappa shape index (κ1) is 13.0. The van der Waals surface area contributed by atoms with Crippen molar-refractivity contribution < 1.29 is 4.39 Å². The molecule has 0 unspecified atom stereocenters. The summed E-state index contributed by atoms with van der Waals surface area (Å²) in [6.07, 6.45) is 3.16. The Hall–Kier alpha value is -1.49. The van der Waals surface area contributed by atoms with Crippen LogP contribution in [0.25, 0.3) is 0 Å². The van der Waals surface area contributed by atoms with E-state index >= 15 is 0 Å². The van der Waals surface area contributed by atoms with E-state index in [2.05, 4.69) is 31.2 Å². The zero-order valence-corrected chi connectivity index (χ0v) is 11.8. The fraction of sp³-hybridized carbons (Fsp3) is 0.231. The molecule has 0 bridgehead atoms. The largest absolute Gasteiger partial charge is 0.365 e. The molecule has 0 aliphatic carbocycles. The second kappa shape index (κ2) is 5.44. The molecule has 0 aliphatic heterocycles. The molecule has 0 radical (unpaired) electrons. The van der Waals surface area contributed by atoms with E-state index < -0.39 is 0 Å². The van der Waals surface area contributed by atoms with E-state index in [4.69, 9.17) is 0 Å². The van der Waals surface area contributed by atoms with Crippen LogP contribution in [0.15, 0.2) is 29.1 Å². The number of aryl methyl sites for hydroxylation is 2. The van der Waals surface area contributed by atoms with Gasteiger partial charge in [0.1, 0.15) is 18.0 Å². The summed E-state index contributed by atoms with van der Waals surface area (Å²) in [4.78, 5) is 8.00. The van der Waals surface area contributed by atoms with Gasteiger partial charge in [-0.05, 0) is 46.5 Å². The lowest BCUT2D eigenvalue weighted by molar-refractivity contribution is 0.608. The van der Waals surface area contributed by atoms with E-state index in [9.17, 15) is 4.39 Å². The SMILES string of the molecule is Cc1cc(CNc2ncncc2Br)cc(C)c1F. The number of anilines is 1. The Morgan fingerprint density at radius 1 is 1.28 bits per heavy atom. The van der Waals surface area contributed by atoms with E-state index in [1.165, 1.54) is 6.33 Å². The summed E-state index contributed by atoms with van der Waals surface area (Å²) in [5.74, 6) is 0.589. The van der Waals surface area contributed by atoms with Gasteiger partial charge >= 0.3 is 0 Å². The van der Waals surface area contributed by atoms with Crippen LogP contribution in [0.3, 0.4) is 0 Å². The van der Waals surface area contributed by atoms with Crippen molar-refractivity contribution >= 4 is 21.7 Å². The number of hydrogen-bond acceptors (Lipinski definition) is 3. The van der Waals surface area contributed by atoms with Gasteiger partial charge in [-0.15, -0.1) is 0 Å². The topological polar surface area (TPSA) is 37.8 Å².